The molecule has 1 rings (SSSR count). The van der Waals surface area contributed by atoms with Crippen molar-refractivity contribution >= 4 is 6.09 Å². The zero-order valence-corrected chi connectivity index (χ0v) is 13.0. The fourth-order valence-corrected chi connectivity index (χ4v) is 1.65. The average molecular weight is 298 g/mol. The molecule has 5 nitrogen and oxygen atoms in total. The lowest BCUT2D eigenvalue weighted by Crippen LogP contribution is -2.34. The van der Waals surface area contributed by atoms with Crippen molar-refractivity contribution in [3.05, 3.63) is 29.6 Å². The van der Waals surface area contributed by atoms with Gasteiger partial charge >= 0.3 is 6.09 Å². The third-order valence-electron chi connectivity index (χ3n) is 2.42. The van der Waals surface area contributed by atoms with Crippen molar-refractivity contribution < 1.29 is 18.7 Å². The Morgan fingerprint density at radius 2 is 2.05 bits per heavy atom. The van der Waals surface area contributed by atoms with E-state index in [1.807, 2.05) is 0 Å². The van der Waals surface area contributed by atoms with Gasteiger partial charge in [0.15, 0.2) is 0 Å². The van der Waals surface area contributed by atoms with E-state index in [2.05, 4.69) is 10.6 Å². The van der Waals surface area contributed by atoms with Crippen molar-refractivity contribution in [2.24, 2.45) is 0 Å². The molecule has 0 saturated heterocycles. The molecule has 2 N–H and O–H groups in total. The van der Waals surface area contributed by atoms with Crippen LogP contribution < -0.4 is 15.4 Å². The summed E-state index contributed by atoms with van der Waals surface area (Å²) in [5.74, 6) is 0.288. The Balaban J connectivity index is 2.41. The third kappa shape index (κ3) is 6.94. The standard InChI is InChI=1S/C15H23FN2O3/c1-15(2,3)21-14(19)18-7-8-20-13-6-5-12(16)9-11(13)10-17-4/h5-6,9,17H,7-8,10H2,1-4H3,(H,18,19). The van der Waals surface area contributed by atoms with Crippen LogP contribution in [-0.2, 0) is 11.3 Å². The molecule has 0 aliphatic carbocycles. The molecule has 21 heavy (non-hydrogen) atoms. The van der Waals surface area contributed by atoms with Crippen LogP contribution in [0.25, 0.3) is 0 Å². The van der Waals surface area contributed by atoms with Gasteiger partial charge < -0.3 is 20.1 Å². The molecular weight excluding hydrogens is 275 g/mol. The molecule has 0 aromatic heterocycles. The van der Waals surface area contributed by atoms with Gasteiger partial charge in [0.05, 0.1) is 6.54 Å². The van der Waals surface area contributed by atoms with Gasteiger partial charge in [-0.1, -0.05) is 0 Å². The van der Waals surface area contributed by atoms with Gasteiger partial charge in [0.1, 0.15) is 23.8 Å². The predicted octanol–water partition coefficient (Wildman–Crippen LogP) is 2.45. The van der Waals surface area contributed by atoms with Crippen LogP contribution in [0, 0.1) is 5.82 Å². The van der Waals surface area contributed by atoms with Crippen LogP contribution in [0.4, 0.5) is 9.18 Å². The van der Waals surface area contributed by atoms with Gasteiger partial charge in [0.25, 0.3) is 0 Å². The smallest absolute Gasteiger partial charge is 0.407 e. The molecule has 0 spiro atoms. The molecule has 0 radical (unpaired) electrons. The van der Waals surface area contributed by atoms with Crippen molar-refractivity contribution in [3.8, 4) is 5.75 Å². The molecule has 0 aliphatic rings. The number of hydrogen-bond acceptors (Lipinski definition) is 4. The van der Waals surface area contributed by atoms with Crippen molar-refractivity contribution in [2.45, 2.75) is 32.9 Å². The number of rotatable bonds is 6. The van der Waals surface area contributed by atoms with E-state index < -0.39 is 11.7 Å². The second-order valence-electron chi connectivity index (χ2n) is 5.56. The summed E-state index contributed by atoms with van der Waals surface area (Å²) < 4.78 is 23.8. The number of halogens is 1. The van der Waals surface area contributed by atoms with E-state index in [-0.39, 0.29) is 12.4 Å². The largest absolute Gasteiger partial charge is 0.491 e. The first-order valence-corrected chi connectivity index (χ1v) is 6.84. The minimum atomic E-state index is -0.526. The van der Waals surface area contributed by atoms with Gasteiger partial charge in [0, 0.05) is 12.1 Å². The summed E-state index contributed by atoms with van der Waals surface area (Å²) in [5.41, 5.74) is 0.205. The summed E-state index contributed by atoms with van der Waals surface area (Å²) in [5, 5.41) is 5.55. The number of alkyl carbamates (subject to hydrolysis) is 1. The number of hydrogen-bond donors (Lipinski definition) is 2. The average Bonchev–Trinajstić information content (AvgIpc) is 2.35. The monoisotopic (exact) mass is 298 g/mol. The number of carbonyl (C=O) groups excluding carboxylic acids is 1. The molecule has 0 bridgehead atoms. The molecule has 0 heterocycles. The Bertz CT molecular complexity index is 472. The van der Waals surface area contributed by atoms with E-state index in [4.69, 9.17) is 9.47 Å². The van der Waals surface area contributed by atoms with E-state index in [0.717, 1.165) is 5.56 Å². The Morgan fingerprint density at radius 3 is 2.67 bits per heavy atom. The fourth-order valence-electron chi connectivity index (χ4n) is 1.65. The van der Waals surface area contributed by atoms with E-state index in [1.165, 1.54) is 12.1 Å². The molecule has 0 saturated carbocycles. The summed E-state index contributed by atoms with van der Waals surface area (Å²) in [4.78, 5) is 11.4. The molecule has 6 heteroatoms. The van der Waals surface area contributed by atoms with Crippen LogP contribution >= 0.6 is 0 Å². The molecule has 0 unspecified atom stereocenters. The number of nitrogens with one attached hydrogen (secondary N) is 2. The lowest BCUT2D eigenvalue weighted by Gasteiger charge is -2.19. The van der Waals surface area contributed by atoms with E-state index >= 15 is 0 Å². The molecule has 1 aromatic carbocycles. The lowest BCUT2D eigenvalue weighted by molar-refractivity contribution is 0.0520. The van der Waals surface area contributed by atoms with Crippen LogP contribution in [0.2, 0.25) is 0 Å². The van der Waals surface area contributed by atoms with E-state index in [1.54, 1.807) is 33.9 Å². The van der Waals surface area contributed by atoms with Gasteiger partial charge in [-0.2, -0.15) is 0 Å². The summed E-state index contributed by atoms with van der Waals surface area (Å²) in [6.45, 7) is 6.49. The first kappa shape index (κ1) is 17.2. The highest BCUT2D eigenvalue weighted by Gasteiger charge is 2.15. The highest BCUT2D eigenvalue weighted by Crippen LogP contribution is 2.19. The Hall–Kier alpha value is -1.82. The minimum absolute atomic E-state index is 0.279. The van der Waals surface area contributed by atoms with Gasteiger partial charge in [-0.25, -0.2) is 9.18 Å². The summed E-state index contributed by atoms with van der Waals surface area (Å²) in [6.07, 6.45) is -0.486. The Morgan fingerprint density at radius 1 is 1.33 bits per heavy atom. The quantitative estimate of drug-likeness (QED) is 0.792. The van der Waals surface area contributed by atoms with Gasteiger partial charge in [0.2, 0.25) is 0 Å². The maximum Gasteiger partial charge on any atom is 0.407 e. The highest BCUT2D eigenvalue weighted by atomic mass is 19.1. The fraction of sp³-hybridized carbons (Fsp3) is 0.533. The lowest BCUT2D eigenvalue weighted by atomic mass is 10.2. The van der Waals surface area contributed by atoms with E-state index in [0.29, 0.717) is 18.8 Å². The first-order chi connectivity index (χ1) is 9.81. The molecule has 0 fully saturated rings. The number of carbonyl (C=O) groups is 1. The zero-order valence-electron chi connectivity index (χ0n) is 13.0. The Labute approximate surface area is 124 Å². The molecular formula is C15H23FN2O3. The minimum Gasteiger partial charge on any atom is -0.491 e. The maximum atomic E-state index is 13.2. The van der Waals surface area contributed by atoms with Crippen molar-refractivity contribution in [3.63, 3.8) is 0 Å². The number of ether oxygens (including phenoxy) is 2. The normalized spacial score (nSPS) is 11.1. The molecule has 0 aliphatic heterocycles. The molecule has 1 aromatic rings. The van der Waals surface area contributed by atoms with Crippen molar-refractivity contribution in [1.82, 2.24) is 10.6 Å². The highest BCUT2D eigenvalue weighted by molar-refractivity contribution is 5.67. The van der Waals surface area contributed by atoms with Gasteiger partial charge in [-0.3, -0.25) is 0 Å². The summed E-state index contributed by atoms with van der Waals surface area (Å²) in [7, 11) is 1.78. The van der Waals surface area contributed by atoms with Crippen LogP contribution in [0.3, 0.4) is 0 Å². The number of amides is 1. The molecule has 118 valence electrons. The Kier molecular flexibility index (Phi) is 6.42. The number of benzene rings is 1. The predicted molar refractivity (Wildman–Crippen MR) is 78.9 cm³/mol. The summed E-state index contributed by atoms with van der Waals surface area (Å²) in [6, 6.07) is 4.35. The van der Waals surface area contributed by atoms with E-state index in [9.17, 15) is 9.18 Å². The molecule has 1 amide bonds. The van der Waals surface area contributed by atoms with Crippen molar-refractivity contribution in [2.75, 3.05) is 20.2 Å². The van der Waals surface area contributed by atoms with Gasteiger partial charge in [-0.05, 0) is 46.0 Å². The van der Waals surface area contributed by atoms with Crippen LogP contribution in [0.1, 0.15) is 26.3 Å². The van der Waals surface area contributed by atoms with Crippen molar-refractivity contribution in [1.29, 1.82) is 0 Å². The SMILES string of the molecule is CNCc1cc(F)ccc1OCCNC(=O)OC(C)(C)C. The third-order valence-corrected chi connectivity index (χ3v) is 2.42. The summed E-state index contributed by atoms with van der Waals surface area (Å²) >= 11 is 0. The second-order valence-corrected chi connectivity index (χ2v) is 5.56. The maximum absolute atomic E-state index is 13.2. The van der Waals surface area contributed by atoms with Crippen LogP contribution in [0.15, 0.2) is 18.2 Å². The van der Waals surface area contributed by atoms with Gasteiger partial charge in [-0.15, -0.1) is 0 Å². The van der Waals surface area contributed by atoms with Crippen LogP contribution in [-0.4, -0.2) is 31.9 Å². The second kappa shape index (κ2) is 7.83. The van der Waals surface area contributed by atoms with Crippen LogP contribution in [0.5, 0.6) is 5.75 Å². The first-order valence-electron chi connectivity index (χ1n) is 6.84. The molecule has 0 atom stereocenters. The topological polar surface area (TPSA) is 59.6 Å². The zero-order chi connectivity index (χ0) is 15.9.